The second-order valence-electron chi connectivity index (χ2n) is 4.57. The number of carbonyl (C=O) groups is 2. The van der Waals surface area contributed by atoms with Crippen molar-refractivity contribution in [1.29, 1.82) is 0 Å². The van der Waals surface area contributed by atoms with Crippen molar-refractivity contribution in [2.24, 2.45) is 0 Å². The van der Waals surface area contributed by atoms with E-state index >= 15 is 0 Å². The summed E-state index contributed by atoms with van der Waals surface area (Å²) in [4.78, 5) is 29.9. The lowest BCUT2D eigenvalue weighted by Gasteiger charge is -2.13. The number of carbonyl (C=O) groups excluding carboxylic acids is 1. The minimum atomic E-state index is -0.898. The van der Waals surface area contributed by atoms with Crippen molar-refractivity contribution >= 4 is 23.0 Å². The Morgan fingerprint density at radius 2 is 2.29 bits per heavy atom. The van der Waals surface area contributed by atoms with Crippen molar-refractivity contribution in [2.45, 2.75) is 25.9 Å². The molecule has 2 heterocycles. The van der Waals surface area contributed by atoms with Crippen molar-refractivity contribution in [3.05, 3.63) is 29.6 Å². The Morgan fingerprint density at radius 3 is 2.90 bits per heavy atom. The number of carboxylic acids is 1. The smallest absolute Gasteiger partial charge is 0.340 e. The van der Waals surface area contributed by atoms with Crippen molar-refractivity contribution < 1.29 is 19.4 Å². The van der Waals surface area contributed by atoms with Crippen LogP contribution < -0.4 is 5.32 Å². The highest BCUT2D eigenvalue weighted by atomic mass is 16.5. The van der Waals surface area contributed by atoms with Crippen LogP contribution in [0, 0.1) is 0 Å². The molecule has 2 rings (SSSR count). The van der Waals surface area contributed by atoms with E-state index in [4.69, 9.17) is 9.84 Å². The Kier molecular flexibility index (Phi) is 4.54. The van der Waals surface area contributed by atoms with E-state index in [1.165, 1.54) is 7.11 Å². The lowest BCUT2D eigenvalue weighted by molar-refractivity contribution is -0.139. The Balaban J connectivity index is 2.33. The standard InChI is InChI=1S/C14H17N3O4/c1-3-10(13(18)19)16-6-8-4-5-15-12-11(8)9(7-17-12)14(20)21-2/h4-5,7,10,16H,3,6H2,1-2H3,(H,15,17)(H,18,19). The molecule has 0 aliphatic heterocycles. The molecule has 0 saturated carbocycles. The summed E-state index contributed by atoms with van der Waals surface area (Å²) in [6.07, 6.45) is 3.63. The van der Waals surface area contributed by atoms with E-state index in [9.17, 15) is 9.59 Å². The monoisotopic (exact) mass is 291 g/mol. The van der Waals surface area contributed by atoms with Gasteiger partial charge in [-0.05, 0) is 18.1 Å². The summed E-state index contributed by atoms with van der Waals surface area (Å²) < 4.78 is 4.74. The summed E-state index contributed by atoms with van der Waals surface area (Å²) in [5, 5.41) is 12.7. The van der Waals surface area contributed by atoms with E-state index in [-0.39, 0.29) is 0 Å². The van der Waals surface area contributed by atoms with Gasteiger partial charge in [-0.1, -0.05) is 6.92 Å². The summed E-state index contributed by atoms with van der Waals surface area (Å²) in [7, 11) is 1.31. The summed E-state index contributed by atoms with van der Waals surface area (Å²) >= 11 is 0. The number of aliphatic carboxylic acids is 1. The summed E-state index contributed by atoms with van der Waals surface area (Å²) in [6, 6.07) is 1.12. The molecule has 2 aromatic heterocycles. The molecule has 1 unspecified atom stereocenters. The van der Waals surface area contributed by atoms with Crippen molar-refractivity contribution in [1.82, 2.24) is 15.3 Å². The molecule has 0 saturated heterocycles. The number of rotatable bonds is 6. The van der Waals surface area contributed by atoms with E-state index in [2.05, 4.69) is 15.3 Å². The lowest BCUT2D eigenvalue weighted by atomic mass is 10.1. The molecule has 0 amide bonds. The molecule has 3 N–H and O–H groups in total. The van der Waals surface area contributed by atoms with Crippen LogP contribution >= 0.6 is 0 Å². The first-order valence-electron chi connectivity index (χ1n) is 6.58. The number of hydrogen-bond donors (Lipinski definition) is 3. The van der Waals surface area contributed by atoms with E-state index in [0.29, 0.717) is 29.6 Å². The van der Waals surface area contributed by atoms with Gasteiger partial charge in [0.25, 0.3) is 0 Å². The highest BCUT2D eigenvalue weighted by molar-refractivity contribution is 6.04. The summed E-state index contributed by atoms with van der Waals surface area (Å²) in [5.74, 6) is -1.36. The number of aromatic nitrogens is 2. The van der Waals surface area contributed by atoms with Crippen LogP contribution in [-0.2, 0) is 16.1 Å². The molecule has 7 heteroatoms. The molecular weight excluding hydrogens is 274 g/mol. The normalized spacial score (nSPS) is 12.3. The van der Waals surface area contributed by atoms with Crippen LogP contribution in [0.2, 0.25) is 0 Å². The summed E-state index contributed by atoms with van der Waals surface area (Å²) in [6.45, 7) is 2.12. The molecular formula is C14H17N3O4. The van der Waals surface area contributed by atoms with Crippen molar-refractivity contribution in [3.8, 4) is 0 Å². The number of esters is 1. The first-order chi connectivity index (χ1) is 10.1. The molecule has 7 nitrogen and oxygen atoms in total. The van der Waals surface area contributed by atoms with Gasteiger partial charge in [0.2, 0.25) is 0 Å². The number of hydrogen-bond acceptors (Lipinski definition) is 5. The van der Waals surface area contributed by atoms with Gasteiger partial charge >= 0.3 is 11.9 Å². The SMILES string of the molecule is CCC(NCc1ccnc2[nH]cc(C(=O)OC)c12)C(=O)O. The Bertz CT molecular complexity index is 665. The fourth-order valence-electron chi connectivity index (χ4n) is 2.18. The predicted octanol–water partition coefficient (Wildman–Crippen LogP) is 1.30. The molecule has 0 spiro atoms. The highest BCUT2D eigenvalue weighted by Gasteiger charge is 2.18. The van der Waals surface area contributed by atoms with Crippen LogP contribution in [0.25, 0.3) is 11.0 Å². The number of fused-ring (bicyclic) bond motifs is 1. The number of carboxylic acid groups (broad SMARTS) is 1. The number of ether oxygens (including phenoxy) is 1. The highest BCUT2D eigenvalue weighted by Crippen LogP contribution is 2.21. The third kappa shape index (κ3) is 3.03. The molecule has 112 valence electrons. The minimum Gasteiger partial charge on any atom is -0.480 e. The predicted molar refractivity (Wildman–Crippen MR) is 76.0 cm³/mol. The van der Waals surface area contributed by atoms with Crippen LogP contribution in [0.5, 0.6) is 0 Å². The number of H-pyrrole nitrogens is 1. The molecule has 1 atom stereocenters. The number of nitrogens with one attached hydrogen (secondary N) is 2. The zero-order valence-electron chi connectivity index (χ0n) is 11.8. The molecule has 21 heavy (non-hydrogen) atoms. The second kappa shape index (κ2) is 6.36. The topological polar surface area (TPSA) is 104 Å². The van der Waals surface area contributed by atoms with Gasteiger partial charge in [0.1, 0.15) is 11.7 Å². The Morgan fingerprint density at radius 1 is 1.52 bits per heavy atom. The maximum atomic E-state index is 11.8. The van der Waals surface area contributed by atoms with Crippen LogP contribution in [0.3, 0.4) is 0 Å². The quantitative estimate of drug-likeness (QED) is 0.693. The maximum absolute atomic E-state index is 11.8. The molecule has 0 radical (unpaired) electrons. The maximum Gasteiger partial charge on any atom is 0.340 e. The largest absolute Gasteiger partial charge is 0.480 e. The van der Waals surface area contributed by atoms with E-state index < -0.39 is 18.0 Å². The van der Waals surface area contributed by atoms with Crippen molar-refractivity contribution in [3.63, 3.8) is 0 Å². The number of pyridine rings is 1. The molecule has 2 aromatic rings. The third-order valence-electron chi connectivity index (χ3n) is 3.31. The number of aromatic amines is 1. The van der Waals surface area contributed by atoms with E-state index in [0.717, 1.165) is 5.56 Å². The Hall–Kier alpha value is -2.41. The van der Waals surface area contributed by atoms with Gasteiger partial charge in [0.15, 0.2) is 0 Å². The fourth-order valence-corrected chi connectivity index (χ4v) is 2.18. The summed E-state index contributed by atoms with van der Waals surface area (Å²) in [5.41, 5.74) is 1.75. The molecule has 0 aliphatic carbocycles. The lowest BCUT2D eigenvalue weighted by Crippen LogP contribution is -2.35. The van der Waals surface area contributed by atoms with Crippen LogP contribution in [0.1, 0.15) is 29.3 Å². The zero-order valence-corrected chi connectivity index (χ0v) is 11.8. The van der Waals surface area contributed by atoms with Crippen molar-refractivity contribution in [2.75, 3.05) is 7.11 Å². The first kappa shape index (κ1) is 15.0. The molecule has 0 fully saturated rings. The van der Waals surface area contributed by atoms with Gasteiger partial charge < -0.3 is 20.1 Å². The first-order valence-corrected chi connectivity index (χ1v) is 6.58. The number of methoxy groups -OCH3 is 1. The average Bonchev–Trinajstić information content (AvgIpc) is 2.91. The van der Waals surface area contributed by atoms with Crippen LogP contribution in [0.4, 0.5) is 0 Å². The fraction of sp³-hybridized carbons (Fsp3) is 0.357. The molecule has 0 bridgehead atoms. The zero-order chi connectivity index (χ0) is 15.4. The molecule has 0 aromatic carbocycles. The second-order valence-corrected chi connectivity index (χ2v) is 4.57. The van der Waals surface area contributed by atoms with Gasteiger partial charge in [-0.2, -0.15) is 0 Å². The Labute approximate surface area is 121 Å². The van der Waals surface area contributed by atoms with E-state index in [1.54, 1.807) is 25.4 Å². The average molecular weight is 291 g/mol. The van der Waals surface area contributed by atoms with Gasteiger partial charge in [-0.25, -0.2) is 9.78 Å². The van der Waals surface area contributed by atoms with Crippen LogP contribution in [0.15, 0.2) is 18.5 Å². The third-order valence-corrected chi connectivity index (χ3v) is 3.31. The van der Waals surface area contributed by atoms with Gasteiger partial charge in [0, 0.05) is 24.3 Å². The molecule has 0 aliphatic rings. The van der Waals surface area contributed by atoms with Gasteiger partial charge in [0.05, 0.1) is 12.7 Å². The van der Waals surface area contributed by atoms with Gasteiger partial charge in [-0.3, -0.25) is 4.79 Å². The van der Waals surface area contributed by atoms with Crippen LogP contribution in [-0.4, -0.2) is 40.2 Å². The number of nitrogens with zero attached hydrogens (tertiary/aromatic N) is 1. The van der Waals surface area contributed by atoms with E-state index in [1.807, 2.05) is 0 Å². The minimum absolute atomic E-state index is 0.325. The van der Waals surface area contributed by atoms with Gasteiger partial charge in [-0.15, -0.1) is 0 Å².